The Labute approximate surface area is 126 Å². The first-order chi connectivity index (χ1) is 10.2. The second-order valence-electron chi connectivity index (χ2n) is 5.36. The van der Waals surface area contributed by atoms with Gasteiger partial charge >= 0.3 is 0 Å². The van der Waals surface area contributed by atoms with Gasteiger partial charge in [0.15, 0.2) is 0 Å². The van der Waals surface area contributed by atoms with Crippen LogP contribution in [-0.4, -0.2) is 37.3 Å². The summed E-state index contributed by atoms with van der Waals surface area (Å²) >= 11 is 0. The summed E-state index contributed by atoms with van der Waals surface area (Å²) in [5.41, 5.74) is 1.86. The Morgan fingerprint density at radius 2 is 1.43 bits per heavy atom. The number of ether oxygens (including phenoxy) is 1. The lowest BCUT2D eigenvalue weighted by Crippen LogP contribution is -2.22. The minimum atomic E-state index is -0.671. The summed E-state index contributed by atoms with van der Waals surface area (Å²) in [6.45, 7) is 1.40. The van der Waals surface area contributed by atoms with E-state index in [1.807, 2.05) is 74.8 Å². The Balaban J connectivity index is 2.15. The number of aliphatic hydroxyl groups excluding tert-OH is 1. The number of hydrogen-bond acceptors (Lipinski definition) is 3. The normalized spacial score (nSPS) is 14.1. The number of hydrogen-bond donors (Lipinski definition) is 1. The summed E-state index contributed by atoms with van der Waals surface area (Å²) in [7, 11) is 4.02. The highest BCUT2D eigenvalue weighted by molar-refractivity contribution is 5.25. The van der Waals surface area contributed by atoms with Gasteiger partial charge in [-0.25, -0.2) is 0 Å². The first kappa shape index (κ1) is 15.7. The maximum Gasteiger partial charge on any atom is 0.113 e. The summed E-state index contributed by atoms with van der Waals surface area (Å²) in [4.78, 5) is 2.07. The first-order valence-corrected chi connectivity index (χ1v) is 7.23. The topological polar surface area (TPSA) is 32.7 Å². The third-order valence-electron chi connectivity index (χ3n) is 3.39. The zero-order valence-electron chi connectivity index (χ0n) is 12.6. The van der Waals surface area contributed by atoms with E-state index in [0.29, 0.717) is 6.61 Å². The van der Waals surface area contributed by atoms with E-state index in [2.05, 4.69) is 4.90 Å². The Morgan fingerprint density at radius 1 is 0.905 bits per heavy atom. The van der Waals surface area contributed by atoms with Crippen LogP contribution in [0.2, 0.25) is 0 Å². The van der Waals surface area contributed by atoms with Crippen molar-refractivity contribution in [2.45, 2.75) is 12.2 Å². The van der Waals surface area contributed by atoms with Crippen LogP contribution in [0.5, 0.6) is 0 Å². The maximum absolute atomic E-state index is 10.7. The average molecular weight is 285 g/mol. The summed E-state index contributed by atoms with van der Waals surface area (Å²) in [5, 5.41) is 10.7. The van der Waals surface area contributed by atoms with Gasteiger partial charge in [0.25, 0.3) is 0 Å². The number of rotatable bonds is 7. The van der Waals surface area contributed by atoms with Crippen LogP contribution >= 0.6 is 0 Å². The Hall–Kier alpha value is -1.68. The molecule has 0 saturated heterocycles. The zero-order chi connectivity index (χ0) is 15.1. The van der Waals surface area contributed by atoms with Crippen molar-refractivity contribution in [3.05, 3.63) is 71.8 Å². The molecule has 0 aliphatic rings. The van der Waals surface area contributed by atoms with Crippen molar-refractivity contribution in [3.8, 4) is 0 Å². The van der Waals surface area contributed by atoms with Crippen LogP contribution in [0.3, 0.4) is 0 Å². The van der Waals surface area contributed by atoms with Gasteiger partial charge in [0.05, 0.1) is 6.61 Å². The Morgan fingerprint density at radius 3 is 1.95 bits per heavy atom. The molecule has 0 radical (unpaired) electrons. The van der Waals surface area contributed by atoms with Crippen LogP contribution in [0.1, 0.15) is 23.3 Å². The zero-order valence-corrected chi connectivity index (χ0v) is 12.6. The number of aliphatic hydroxyl groups is 1. The van der Waals surface area contributed by atoms with Gasteiger partial charge in [-0.15, -0.1) is 0 Å². The molecule has 1 N–H and O–H groups in total. The van der Waals surface area contributed by atoms with Crippen molar-refractivity contribution in [2.24, 2.45) is 0 Å². The molecule has 0 spiro atoms. The fraction of sp³-hybridized carbons (Fsp3) is 0.333. The summed E-state index contributed by atoms with van der Waals surface area (Å²) in [5.74, 6) is 0. The Bertz CT molecular complexity index is 513. The molecular weight excluding hydrogens is 262 g/mol. The lowest BCUT2D eigenvalue weighted by Gasteiger charge is -2.25. The molecule has 2 aromatic rings. The highest BCUT2D eigenvalue weighted by Crippen LogP contribution is 2.31. The van der Waals surface area contributed by atoms with E-state index in [0.717, 1.165) is 17.7 Å². The molecule has 0 amide bonds. The van der Waals surface area contributed by atoms with Gasteiger partial charge in [-0.3, -0.25) is 0 Å². The highest BCUT2D eigenvalue weighted by Gasteiger charge is 2.23. The number of nitrogens with zero attached hydrogens (tertiary/aromatic N) is 1. The molecule has 0 unspecified atom stereocenters. The SMILES string of the molecule is CN(C)CCO[C@@H](c1ccccc1)[C@H](O)c1ccccc1. The molecule has 0 aliphatic heterocycles. The molecule has 0 saturated carbocycles. The van der Waals surface area contributed by atoms with Crippen molar-refractivity contribution in [1.82, 2.24) is 4.90 Å². The molecule has 0 fully saturated rings. The van der Waals surface area contributed by atoms with Crippen molar-refractivity contribution in [2.75, 3.05) is 27.2 Å². The average Bonchev–Trinajstić information content (AvgIpc) is 2.52. The monoisotopic (exact) mass is 285 g/mol. The third-order valence-corrected chi connectivity index (χ3v) is 3.39. The minimum Gasteiger partial charge on any atom is -0.385 e. The molecule has 3 heteroatoms. The highest BCUT2D eigenvalue weighted by atomic mass is 16.5. The van der Waals surface area contributed by atoms with Crippen LogP contribution in [0.4, 0.5) is 0 Å². The maximum atomic E-state index is 10.7. The fourth-order valence-corrected chi connectivity index (χ4v) is 2.20. The molecular formula is C18H23NO2. The predicted molar refractivity (Wildman–Crippen MR) is 85.1 cm³/mol. The van der Waals surface area contributed by atoms with Gasteiger partial charge < -0.3 is 14.7 Å². The van der Waals surface area contributed by atoms with Crippen LogP contribution in [0, 0.1) is 0 Å². The van der Waals surface area contributed by atoms with Crippen LogP contribution in [0.25, 0.3) is 0 Å². The van der Waals surface area contributed by atoms with E-state index in [-0.39, 0.29) is 6.10 Å². The van der Waals surface area contributed by atoms with Crippen molar-refractivity contribution < 1.29 is 9.84 Å². The standard InChI is InChI=1S/C18H23NO2/c1-19(2)13-14-21-18(16-11-7-4-8-12-16)17(20)15-9-5-3-6-10-15/h3-12,17-18,20H,13-14H2,1-2H3/t17-,18+/m1/s1. The third kappa shape index (κ3) is 4.67. The van der Waals surface area contributed by atoms with Crippen molar-refractivity contribution in [3.63, 3.8) is 0 Å². The predicted octanol–water partition coefficient (Wildman–Crippen LogP) is 3.04. The summed E-state index contributed by atoms with van der Waals surface area (Å²) in [6.07, 6.45) is -1.02. The van der Waals surface area contributed by atoms with Gasteiger partial charge in [0, 0.05) is 6.54 Å². The first-order valence-electron chi connectivity index (χ1n) is 7.23. The summed E-state index contributed by atoms with van der Waals surface area (Å²) < 4.78 is 5.96. The lowest BCUT2D eigenvalue weighted by molar-refractivity contribution is -0.0445. The van der Waals surface area contributed by atoms with Crippen molar-refractivity contribution in [1.29, 1.82) is 0 Å². The number of benzene rings is 2. The largest absolute Gasteiger partial charge is 0.385 e. The van der Waals surface area contributed by atoms with E-state index < -0.39 is 6.10 Å². The molecule has 0 aliphatic carbocycles. The van der Waals surface area contributed by atoms with Gasteiger partial charge in [0.2, 0.25) is 0 Å². The molecule has 112 valence electrons. The van der Waals surface area contributed by atoms with Crippen molar-refractivity contribution >= 4 is 0 Å². The molecule has 2 rings (SSSR count). The molecule has 21 heavy (non-hydrogen) atoms. The molecule has 0 bridgehead atoms. The molecule has 2 aromatic carbocycles. The van der Waals surface area contributed by atoms with Crippen LogP contribution < -0.4 is 0 Å². The van der Waals surface area contributed by atoms with Gasteiger partial charge in [-0.2, -0.15) is 0 Å². The quantitative estimate of drug-likeness (QED) is 0.848. The molecule has 0 heterocycles. The van der Waals surface area contributed by atoms with E-state index in [4.69, 9.17) is 4.74 Å². The van der Waals surface area contributed by atoms with Crippen LogP contribution in [0.15, 0.2) is 60.7 Å². The van der Waals surface area contributed by atoms with E-state index in [1.54, 1.807) is 0 Å². The second-order valence-corrected chi connectivity index (χ2v) is 5.36. The minimum absolute atomic E-state index is 0.353. The molecule has 0 aromatic heterocycles. The van der Waals surface area contributed by atoms with Gasteiger partial charge in [0.1, 0.15) is 12.2 Å². The van der Waals surface area contributed by atoms with E-state index >= 15 is 0 Å². The molecule has 2 atom stereocenters. The number of likely N-dealkylation sites (N-methyl/N-ethyl adjacent to an activating group) is 1. The van der Waals surface area contributed by atoms with E-state index in [1.165, 1.54) is 0 Å². The smallest absolute Gasteiger partial charge is 0.113 e. The fourth-order valence-electron chi connectivity index (χ4n) is 2.20. The lowest BCUT2D eigenvalue weighted by atomic mass is 9.98. The Kier molecular flexibility index (Phi) is 5.93. The van der Waals surface area contributed by atoms with E-state index in [9.17, 15) is 5.11 Å². The molecule has 3 nitrogen and oxygen atoms in total. The van der Waals surface area contributed by atoms with Gasteiger partial charge in [-0.1, -0.05) is 60.7 Å². The van der Waals surface area contributed by atoms with Crippen LogP contribution in [-0.2, 0) is 4.74 Å². The summed E-state index contributed by atoms with van der Waals surface area (Å²) in [6, 6.07) is 19.5. The second kappa shape index (κ2) is 7.93. The van der Waals surface area contributed by atoms with Gasteiger partial charge in [-0.05, 0) is 25.2 Å².